The lowest BCUT2D eigenvalue weighted by Crippen LogP contribution is -2.12. The molecule has 0 unspecified atom stereocenters. The van der Waals surface area contributed by atoms with Crippen molar-refractivity contribution in [2.24, 2.45) is 0 Å². The molecule has 4 rings (SSSR count). The fourth-order valence-electron chi connectivity index (χ4n) is 3.71. The smallest absolute Gasteiger partial charge is 0.339 e. The molecule has 0 spiro atoms. The van der Waals surface area contributed by atoms with Gasteiger partial charge in [-0.15, -0.1) is 0 Å². The van der Waals surface area contributed by atoms with Crippen molar-refractivity contribution < 1.29 is 29.7 Å². The first-order valence-electron chi connectivity index (χ1n) is 8.30. The summed E-state index contributed by atoms with van der Waals surface area (Å²) in [6.45, 7) is 0. The summed E-state index contributed by atoms with van der Waals surface area (Å²) < 4.78 is 0. The van der Waals surface area contributed by atoms with Crippen LogP contribution in [0.15, 0.2) is 42.5 Å². The van der Waals surface area contributed by atoms with Gasteiger partial charge in [-0.3, -0.25) is 4.79 Å². The third kappa shape index (κ3) is 2.54. The Balaban J connectivity index is 1.95. The normalized spacial score (nSPS) is 12.3. The summed E-state index contributed by atoms with van der Waals surface area (Å²) in [6.07, 6.45) is 1.78. The van der Waals surface area contributed by atoms with Gasteiger partial charge in [-0.2, -0.15) is 0 Å². The quantitative estimate of drug-likeness (QED) is 0.614. The van der Waals surface area contributed by atoms with Gasteiger partial charge in [-0.25, -0.2) is 9.59 Å². The lowest BCUT2D eigenvalue weighted by molar-refractivity contribution is 0.0692. The molecule has 3 aromatic carbocycles. The first kappa shape index (κ1) is 16.8. The van der Waals surface area contributed by atoms with Gasteiger partial charge in [0.05, 0.1) is 5.56 Å². The van der Waals surface area contributed by atoms with E-state index in [0.29, 0.717) is 5.56 Å². The zero-order valence-corrected chi connectivity index (χ0v) is 14.0. The predicted molar refractivity (Wildman–Crippen MR) is 96.8 cm³/mol. The summed E-state index contributed by atoms with van der Waals surface area (Å²) in [6, 6.07) is 10.9. The fourth-order valence-corrected chi connectivity index (χ4v) is 3.71. The van der Waals surface area contributed by atoms with Crippen LogP contribution in [-0.4, -0.2) is 33.0 Å². The highest BCUT2D eigenvalue weighted by atomic mass is 16.4. The van der Waals surface area contributed by atoms with Crippen LogP contribution >= 0.6 is 0 Å². The Morgan fingerprint density at radius 1 is 0.741 bits per heavy atom. The van der Waals surface area contributed by atoms with Crippen LogP contribution in [0.2, 0.25) is 0 Å². The minimum atomic E-state index is -1.47. The summed E-state index contributed by atoms with van der Waals surface area (Å²) in [5, 5.41) is 30.2. The average molecular weight is 362 g/mol. The standard InChI is InChI=1S/C21H14O6/c22-17-9-14(15(20(24)25)8-16(17)21(26)27)19(23)13-7-6-11-5-4-10-2-1-3-12(13)18(10)11/h1-3,6-9,22H,4-5H2,(H,24,25)(H,26,27). The number of carboxylic acids is 2. The van der Waals surface area contributed by atoms with E-state index in [0.717, 1.165) is 46.9 Å². The van der Waals surface area contributed by atoms with Crippen LogP contribution in [0.4, 0.5) is 0 Å². The number of hydrogen-bond donors (Lipinski definition) is 3. The summed E-state index contributed by atoms with van der Waals surface area (Å²) in [7, 11) is 0. The maximum Gasteiger partial charge on any atom is 0.339 e. The fraction of sp³-hybridized carbons (Fsp3) is 0.0952. The maximum absolute atomic E-state index is 13.1. The van der Waals surface area contributed by atoms with E-state index < -0.39 is 34.6 Å². The third-order valence-electron chi connectivity index (χ3n) is 4.96. The van der Waals surface area contributed by atoms with Crippen LogP contribution in [0, 0.1) is 0 Å². The van der Waals surface area contributed by atoms with Crippen molar-refractivity contribution >= 4 is 28.5 Å². The second-order valence-electron chi connectivity index (χ2n) is 6.47. The number of hydrogen-bond acceptors (Lipinski definition) is 4. The Morgan fingerprint density at radius 2 is 1.41 bits per heavy atom. The number of carbonyl (C=O) groups excluding carboxylic acids is 1. The lowest BCUT2D eigenvalue weighted by Gasteiger charge is -2.11. The van der Waals surface area contributed by atoms with Crippen LogP contribution < -0.4 is 0 Å². The Hall–Kier alpha value is -3.67. The van der Waals surface area contributed by atoms with Gasteiger partial charge in [-0.1, -0.05) is 30.3 Å². The van der Waals surface area contributed by atoms with Crippen molar-refractivity contribution in [1.82, 2.24) is 0 Å². The van der Waals surface area contributed by atoms with E-state index in [4.69, 9.17) is 5.11 Å². The highest BCUT2D eigenvalue weighted by Gasteiger charge is 2.25. The van der Waals surface area contributed by atoms with Gasteiger partial charge in [0.25, 0.3) is 0 Å². The summed E-state index contributed by atoms with van der Waals surface area (Å²) in [4.78, 5) is 35.9. The second kappa shape index (κ2) is 5.95. The number of phenols is 1. The molecule has 0 atom stereocenters. The molecule has 134 valence electrons. The number of benzene rings is 3. The summed E-state index contributed by atoms with van der Waals surface area (Å²) in [5.41, 5.74) is 1.33. The summed E-state index contributed by atoms with van der Waals surface area (Å²) in [5.74, 6) is -4.14. The Labute approximate surface area is 153 Å². The molecule has 0 aliphatic heterocycles. The molecular weight excluding hydrogens is 348 g/mol. The molecule has 3 N–H and O–H groups in total. The molecule has 0 saturated heterocycles. The van der Waals surface area contributed by atoms with E-state index in [2.05, 4.69) is 0 Å². The number of aromatic hydroxyl groups is 1. The molecule has 1 aliphatic carbocycles. The van der Waals surface area contributed by atoms with Crippen molar-refractivity contribution in [2.45, 2.75) is 12.8 Å². The van der Waals surface area contributed by atoms with E-state index in [1.54, 1.807) is 6.07 Å². The van der Waals surface area contributed by atoms with Gasteiger partial charge in [0, 0.05) is 11.1 Å². The molecule has 0 heterocycles. The number of aryl methyl sites for hydroxylation is 2. The van der Waals surface area contributed by atoms with E-state index in [-0.39, 0.29) is 5.56 Å². The number of carbonyl (C=O) groups is 3. The minimum Gasteiger partial charge on any atom is -0.507 e. The van der Waals surface area contributed by atoms with Crippen LogP contribution in [0.1, 0.15) is 47.8 Å². The van der Waals surface area contributed by atoms with E-state index in [9.17, 15) is 24.6 Å². The molecule has 27 heavy (non-hydrogen) atoms. The Morgan fingerprint density at radius 3 is 2.07 bits per heavy atom. The van der Waals surface area contributed by atoms with E-state index in [1.807, 2.05) is 24.3 Å². The van der Waals surface area contributed by atoms with E-state index in [1.165, 1.54) is 0 Å². The molecule has 0 aromatic heterocycles. The van der Waals surface area contributed by atoms with Crippen LogP contribution in [0.5, 0.6) is 5.75 Å². The number of aromatic carboxylic acids is 2. The Kier molecular flexibility index (Phi) is 3.70. The van der Waals surface area contributed by atoms with Crippen molar-refractivity contribution in [3.63, 3.8) is 0 Å². The maximum atomic E-state index is 13.1. The van der Waals surface area contributed by atoms with Gasteiger partial charge in [0.15, 0.2) is 5.78 Å². The molecule has 0 amide bonds. The first-order chi connectivity index (χ1) is 12.9. The molecule has 3 aromatic rings. The van der Waals surface area contributed by atoms with Gasteiger partial charge in [0.1, 0.15) is 11.3 Å². The average Bonchev–Trinajstić information content (AvgIpc) is 3.06. The Bertz CT molecular complexity index is 1150. The zero-order valence-electron chi connectivity index (χ0n) is 14.0. The van der Waals surface area contributed by atoms with Gasteiger partial charge < -0.3 is 15.3 Å². The van der Waals surface area contributed by atoms with Gasteiger partial charge in [-0.05, 0) is 46.9 Å². The summed E-state index contributed by atoms with van der Waals surface area (Å²) >= 11 is 0. The van der Waals surface area contributed by atoms with Gasteiger partial charge in [0.2, 0.25) is 0 Å². The number of carboxylic acid groups (broad SMARTS) is 2. The number of rotatable bonds is 4. The molecule has 0 fully saturated rings. The highest BCUT2D eigenvalue weighted by molar-refractivity contribution is 6.21. The second-order valence-corrected chi connectivity index (χ2v) is 6.47. The lowest BCUT2D eigenvalue weighted by atomic mass is 9.91. The van der Waals surface area contributed by atoms with Crippen LogP contribution in [0.3, 0.4) is 0 Å². The monoisotopic (exact) mass is 362 g/mol. The van der Waals surface area contributed by atoms with Crippen molar-refractivity contribution in [3.05, 3.63) is 75.8 Å². The van der Waals surface area contributed by atoms with Crippen molar-refractivity contribution in [1.29, 1.82) is 0 Å². The van der Waals surface area contributed by atoms with E-state index >= 15 is 0 Å². The van der Waals surface area contributed by atoms with Crippen molar-refractivity contribution in [2.75, 3.05) is 0 Å². The molecule has 0 radical (unpaired) electrons. The van der Waals surface area contributed by atoms with Gasteiger partial charge >= 0.3 is 11.9 Å². The highest BCUT2D eigenvalue weighted by Crippen LogP contribution is 2.34. The van der Waals surface area contributed by atoms with Crippen molar-refractivity contribution in [3.8, 4) is 5.75 Å². The molecular formula is C21H14O6. The largest absolute Gasteiger partial charge is 0.507 e. The number of ketones is 1. The molecule has 0 bridgehead atoms. The SMILES string of the molecule is O=C(O)c1cc(C(=O)O)c(C(=O)c2ccc3c4c(cccc24)CC3)cc1O. The molecule has 6 nitrogen and oxygen atoms in total. The molecule has 6 heteroatoms. The predicted octanol–water partition coefficient (Wildman–Crippen LogP) is 3.27. The minimum absolute atomic E-state index is 0.247. The molecule has 1 aliphatic rings. The molecule has 0 saturated carbocycles. The first-order valence-corrected chi connectivity index (χ1v) is 8.30. The topological polar surface area (TPSA) is 112 Å². The zero-order chi connectivity index (χ0) is 19.3. The van der Waals surface area contributed by atoms with Crippen LogP contribution in [-0.2, 0) is 12.8 Å². The van der Waals surface area contributed by atoms with Crippen LogP contribution in [0.25, 0.3) is 10.8 Å². The third-order valence-corrected chi connectivity index (χ3v) is 4.96.